The quantitative estimate of drug-likeness (QED) is 0.293. The lowest BCUT2D eigenvalue weighted by molar-refractivity contribution is -0.116. The van der Waals surface area contributed by atoms with Crippen LogP contribution in [0, 0.1) is 5.82 Å². The zero-order valence-corrected chi connectivity index (χ0v) is 23.7. The fourth-order valence-corrected chi connectivity index (χ4v) is 7.28. The van der Waals surface area contributed by atoms with Crippen molar-refractivity contribution in [2.75, 3.05) is 50.5 Å². The maximum Gasteiger partial charge on any atom is 0.265 e. The average Bonchev–Trinajstić information content (AvgIpc) is 3.37. The van der Waals surface area contributed by atoms with Gasteiger partial charge in [0.1, 0.15) is 22.1 Å². The van der Waals surface area contributed by atoms with Gasteiger partial charge in [-0.3, -0.25) is 19.1 Å². The number of benzene rings is 2. The van der Waals surface area contributed by atoms with E-state index in [1.54, 1.807) is 18.2 Å². The van der Waals surface area contributed by atoms with Gasteiger partial charge in [0.15, 0.2) is 15.6 Å². The zero-order chi connectivity index (χ0) is 28.3. The van der Waals surface area contributed by atoms with Gasteiger partial charge < -0.3 is 10.1 Å². The summed E-state index contributed by atoms with van der Waals surface area (Å²) in [6, 6.07) is 12.0. The molecule has 13 heteroatoms. The van der Waals surface area contributed by atoms with Crippen molar-refractivity contribution in [1.29, 1.82) is 0 Å². The predicted molar refractivity (Wildman–Crippen MR) is 153 cm³/mol. The molecule has 5 rings (SSSR count). The summed E-state index contributed by atoms with van der Waals surface area (Å²) < 4.78 is 46.7. The summed E-state index contributed by atoms with van der Waals surface area (Å²) in [4.78, 5) is 32.3. The predicted octanol–water partition coefficient (Wildman–Crippen LogP) is 3.57. The van der Waals surface area contributed by atoms with Crippen molar-refractivity contribution < 1.29 is 22.3 Å². The summed E-state index contributed by atoms with van der Waals surface area (Å²) in [5.41, 5.74) is 1.14. The number of rotatable bonds is 10. The molecular weight excluding hydrogens is 579 g/mol. The third-order valence-electron chi connectivity index (χ3n) is 6.50. The topological polar surface area (TPSA) is 111 Å². The number of thiophene rings is 1. The first-order valence-electron chi connectivity index (χ1n) is 12.5. The van der Waals surface area contributed by atoms with Crippen LogP contribution in [0.4, 0.5) is 10.1 Å². The Morgan fingerprint density at radius 1 is 1.12 bits per heavy atom. The van der Waals surface area contributed by atoms with Crippen LogP contribution in [0.1, 0.15) is 5.56 Å². The van der Waals surface area contributed by atoms with Crippen LogP contribution in [0.25, 0.3) is 16.6 Å². The summed E-state index contributed by atoms with van der Waals surface area (Å²) in [6.07, 6.45) is 0.992. The highest BCUT2D eigenvalue weighted by atomic mass is 35.5. The molecule has 0 spiro atoms. The Morgan fingerprint density at radius 2 is 1.93 bits per heavy atom. The maximum absolute atomic E-state index is 15.1. The van der Waals surface area contributed by atoms with Crippen molar-refractivity contribution in [3.05, 3.63) is 80.9 Å². The first-order chi connectivity index (χ1) is 19.2. The molecule has 0 bridgehead atoms. The molecule has 210 valence electrons. The molecule has 1 saturated heterocycles. The summed E-state index contributed by atoms with van der Waals surface area (Å²) in [5.74, 6) is -2.04. The van der Waals surface area contributed by atoms with Crippen LogP contribution < -0.4 is 10.9 Å². The Hall–Kier alpha value is -3.16. The van der Waals surface area contributed by atoms with Gasteiger partial charge in [0, 0.05) is 38.3 Å². The van der Waals surface area contributed by atoms with Gasteiger partial charge in [-0.2, -0.15) is 0 Å². The Balaban J connectivity index is 1.27. The lowest BCUT2D eigenvalue weighted by Gasteiger charge is -2.26. The molecule has 0 saturated carbocycles. The summed E-state index contributed by atoms with van der Waals surface area (Å²) >= 11 is 6.67. The number of hydrogen-bond acceptors (Lipinski definition) is 9. The standard InChI is InChI=1S/C27H26ClFN4O5S2/c28-25-5-6-26(39-25)40(36,37)16-20(34)13-18-1-4-24(22(29)14-18)33-17-31-23-15-19(2-3-21(23)27(33)35)30-7-8-32-9-11-38-12-10-32/h1-6,14-15,17,30H,7-13,16H2. The van der Waals surface area contributed by atoms with E-state index in [-0.39, 0.29) is 16.3 Å². The Labute approximate surface area is 239 Å². The van der Waals surface area contributed by atoms with Gasteiger partial charge >= 0.3 is 0 Å². The zero-order valence-electron chi connectivity index (χ0n) is 21.3. The molecule has 2 aromatic heterocycles. The minimum Gasteiger partial charge on any atom is -0.384 e. The highest BCUT2D eigenvalue weighted by molar-refractivity contribution is 7.94. The number of hydrogen-bond donors (Lipinski definition) is 1. The summed E-state index contributed by atoms with van der Waals surface area (Å²) in [5, 5.41) is 3.68. The smallest absolute Gasteiger partial charge is 0.265 e. The molecule has 0 aliphatic carbocycles. The fraction of sp³-hybridized carbons (Fsp3) is 0.296. The third kappa shape index (κ3) is 6.58. The Kier molecular flexibility index (Phi) is 8.62. The third-order valence-corrected chi connectivity index (χ3v) is 9.99. The van der Waals surface area contributed by atoms with Crippen LogP contribution >= 0.6 is 22.9 Å². The molecule has 4 aromatic rings. The van der Waals surface area contributed by atoms with Gasteiger partial charge in [-0.15, -0.1) is 11.3 Å². The molecule has 0 unspecified atom stereocenters. The van der Waals surface area contributed by atoms with Gasteiger partial charge in [0.2, 0.25) is 0 Å². The van der Waals surface area contributed by atoms with Crippen LogP contribution in [0.2, 0.25) is 4.34 Å². The molecule has 9 nitrogen and oxygen atoms in total. The van der Waals surface area contributed by atoms with Gasteiger partial charge in [-0.25, -0.2) is 17.8 Å². The molecule has 40 heavy (non-hydrogen) atoms. The first-order valence-corrected chi connectivity index (χ1v) is 15.4. The number of ketones is 1. The number of fused-ring (bicyclic) bond motifs is 1. The van der Waals surface area contributed by atoms with Crippen molar-refractivity contribution in [2.24, 2.45) is 0 Å². The number of halogens is 2. The molecule has 2 aromatic carbocycles. The largest absolute Gasteiger partial charge is 0.384 e. The average molecular weight is 605 g/mol. The number of carbonyl (C=O) groups excluding carboxylic acids is 1. The van der Waals surface area contributed by atoms with Crippen LogP contribution in [0.3, 0.4) is 0 Å². The van der Waals surface area contributed by atoms with Crippen LogP contribution in [0.15, 0.2) is 63.9 Å². The van der Waals surface area contributed by atoms with Gasteiger partial charge in [-0.05, 0) is 48.0 Å². The van der Waals surface area contributed by atoms with E-state index in [9.17, 15) is 18.0 Å². The van der Waals surface area contributed by atoms with E-state index in [0.29, 0.717) is 20.8 Å². The molecule has 1 aliphatic rings. The first kappa shape index (κ1) is 28.4. The maximum atomic E-state index is 15.1. The van der Waals surface area contributed by atoms with E-state index < -0.39 is 32.7 Å². The number of nitrogens with one attached hydrogen (secondary N) is 1. The Bertz CT molecular complexity index is 1720. The molecule has 0 amide bonds. The number of Topliss-reactive ketones (excluding diaryl/α,β-unsaturated/α-hetero) is 1. The molecule has 1 fully saturated rings. The van der Waals surface area contributed by atoms with Crippen molar-refractivity contribution in [3.63, 3.8) is 0 Å². The van der Waals surface area contributed by atoms with E-state index in [4.69, 9.17) is 16.3 Å². The number of anilines is 1. The molecule has 0 radical (unpaired) electrons. The number of aromatic nitrogens is 2. The second-order valence-corrected chi connectivity index (χ2v) is 13.3. The van der Waals surface area contributed by atoms with Crippen molar-refractivity contribution in [1.82, 2.24) is 14.5 Å². The summed E-state index contributed by atoms with van der Waals surface area (Å²) in [7, 11) is -3.83. The normalized spacial score (nSPS) is 14.4. The number of sulfone groups is 1. The van der Waals surface area contributed by atoms with E-state index in [1.807, 2.05) is 0 Å². The van der Waals surface area contributed by atoms with Gasteiger partial charge in [0.25, 0.3) is 5.56 Å². The van der Waals surface area contributed by atoms with E-state index >= 15 is 4.39 Å². The monoisotopic (exact) mass is 604 g/mol. The molecule has 0 atom stereocenters. The second-order valence-electron chi connectivity index (χ2n) is 9.35. The minimum absolute atomic E-state index is 0.00597. The SMILES string of the molecule is O=C(Cc1ccc(-n2cnc3cc(NCCN4CCOCC4)ccc3c2=O)c(F)c1)CS(=O)(=O)c1ccc(Cl)s1. The van der Waals surface area contributed by atoms with Crippen molar-refractivity contribution >= 4 is 55.1 Å². The lowest BCUT2D eigenvalue weighted by atomic mass is 10.1. The highest BCUT2D eigenvalue weighted by Gasteiger charge is 2.22. The van der Waals surface area contributed by atoms with E-state index in [0.717, 1.165) is 67.1 Å². The van der Waals surface area contributed by atoms with Crippen LogP contribution in [0.5, 0.6) is 0 Å². The van der Waals surface area contributed by atoms with Gasteiger partial charge in [-0.1, -0.05) is 17.7 Å². The van der Waals surface area contributed by atoms with Crippen LogP contribution in [-0.4, -0.2) is 73.8 Å². The molecule has 1 N–H and O–H groups in total. The molecule has 1 aliphatic heterocycles. The van der Waals surface area contributed by atoms with Crippen molar-refractivity contribution in [2.45, 2.75) is 10.6 Å². The van der Waals surface area contributed by atoms with E-state index in [1.165, 1.54) is 30.6 Å². The molecule has 3 heterocycles. The number of carbonyl (C=O) groups is 1. The number of ether oxygens (including phenoxy) is 1. The van der Waals surface area contributed by atoms with Gasteiger partial charge in [0.05, 0.1) is 34.1 Å². The minimum atomic E-state index is -3.83. The fourth-order valence-electron chi connectivity index (χ4n) is 4.47. The van der Waals surface area contributed by atoms with Crippen molar-refractivity contribution in [3.8, 4) is 5.69 Å². The number of morpholine rings is 1. The highest BCUT2D eigenvalue weighted by Crippen LogP contribution is 2.26. The van der Waals surface area contributed by atoms with Crippen LogP contribution in [-0.2, 0) is 25.8 Å². The molecular formula is C27H26ClFN4O5S2. The lowest BCUT2D eigenvalue weighted by Crippen LogP contribution is -2.39. The summed E-state index contributed by atoms with van der Waals surface area (Å²) in [6.45, 7) is 4.89. The number of nitrogens with zero attached hydrogens (tertiary/aromatic N) is 3. The second kappa shape index (κ2) is 12.1. The Morgan fingerprint density at radius 3 is 2.65 bits per heavy atom. The van der Waals surface area contributed by atoms with E-state index in [2.05, 4.69) is 15.2 Å².